The van der Waals surface area contributed by atoms with Crippen LogP contribution in [0.2, 0.25) is 0 Å². The zero-order valence-corrected chi connectivity index (χ0v) is 10.7. The summed E-state index contributed by atoms with van der Waals surface area (Å²) < 4.78 is 10.6. The second-order valence-electron chi connectivity index (χ2n) is 4.33. The Kier molecular flexibility index (Phi) is 3.67. The van der Waals surface area contributed by atoms with Gasteiger partial charge in [0.25, 0.3) is 0 Å². The topological polar surface area (TPSA) is 30.8 Å². The van der Waals surface area contributed by atoms with Crippen molar-refractivity contribution in [2.75, 3.05) is 14.2 Å². The van der Waals surface area contributed by atoms with Crippen LogP contribution in [-0.2, 0) is 6.42 Å². The lowest BCUT2D eigenvalue weighted by molar-refractivity contribution is 0.354. The number of methoxy groups -OCH3 is 2. The molecule has 0 saturated heterocycles. The highest BCUT2D eigenvalue weighted by molar-refractivity contribution is 5.84. The number of benzene rings is 1. The van der Waals surface area contributed by atoms with Crippen molar-refractivity contribution in [2.24, 2.45) is 4.99 Å². The molecule has 0 amide bonds. The highest BCUT2D eigenvalue weighted by atomic mass is 16.5. The molecule has 0 aliphatic carbocycles. The maximum absolute atomic E-state index is 5.33. The zero-order valence-electron chi connectivity index (χ0n) is 10.7. The Morgan fingerprint density at radius 2 is 1.94 bits per heavy atom. The van der Waals surface area contributed by atoms with Gasteiger partial charge in [-0.15, -0.1) is 0 Å². The van der Waals surface area contributed by atoms with Crippen molar-refractivity contribution in [3.05, 3.63) is 23.3 Å². The van der Waals surface area contributed by atoms with Crippen LogP contribution in [0.15, 0.2) is 17.1 Å². The molecule has 92 valence electrons. The molecule has 0 bridgehead atoms. The molecule has 1 aliphatic rings. The number of aliphatic imine (C=N–C) groups is 1. The summed E-state index contributed by atoms with van der Waals surface area (Å²) in [5, 5.41) is 0. The van der Waals surface area contributed by atoms with Gasteiger partial charge in [0.1, 0.15) is 0 Å². The first-order valence-corrected chi connectivity index (χ1v) is 6.06. The molecule has 2 rings (SSSR count). The Bertz CT molecular complexity index is 426. The first-order chi connectivity index (χ1) is 8.28. The minimum atomic E-state index is 0.422. The molecule has 1 aromatic rings. The average Bonchev–Trinajstić information content (AvgIpc) is 2.37. The van der Waals surface area contributed by atoms with Crippen molar-refractivity contribution in [3.8, 4) is 11.5 Å². The van der Waals surface area contributed by atoms with E-state index in [1.165, 1.54) is 12.0 Å². The van der Waals surface area contributed by atoms with Crippen molar-refractivity contribution in [3.63, 3.8) is 0 Å². The molecule has 0 unspecified atom stereocenters. The van der Waals surface area contributed by atoms with E-state index in [0.29, 0.717) is 6.04 Å². The molecule has 0 saturated carbocycles. The van der Waals surface area contributed by atoms with Crippen LogP contribution in [0.4, 0.5) is 0 Å². The summed E-state index contributed by atoms with van der Waals surface area (Å²) >= 11 is 0. The largest absolute Gasteiger partial charge is 0.493 e. The van der Waals surface area contributed by atoms with Crippen molar-refractivity contribution in [1.29, 1.82) is 0 Å². The number of hydrogen-bond acceptors (Lipinski definition) is 3. The third-order valence-corrected chi connectivity index (χ3v) is 3.15. The monoisotopic (exact) mass is 233 g/mol. The van der Waals surface area contributed by atoms with Gasteiger partial charge in [0.05, 0.1) is 20.3 Å². The molecule has 0 fully saturated rings. The summed E-state index contributed by atoms with van der Waals surface area (Å²) in [6.45, 7) is 2.19. The van der Waals surface area contributed by atoms with E-state index in [9.17, 15) is 0 Å². The molecule has 3 nitrogen and oxygen atoms in total. The van der Waals surface area contributed by atoms with Gasteiger partial charge < -0.3 is 9.47 Å². The van der Waals surface area contributed by atoms with Gasteiger partial charge in [-0.3, -0.25) is 4.99 Å². The van der Waals surface area contributed by atoms with E-state index in [0.717, 1.165) is 29.9 Å². The highest BCUT2D eigenvalue weighted by Crippen LogP contribution is 2.32. The van der Waals surface area contributed by atoms with E-state index >= 15 is 0 Å². The van der Waals surface area contributed by atoms with E-state index in [2.05, 4.69) is 18.0 Å². The predicted molar refractivity (Wildman–Crippen MR) is 69.5 cm³/mol. The SMILES string of the molecule is CCC[C@@H]1Cc2cc(OC)c(OC)cc2C=N1. The van der Waals surface area contributed by atoms with Crippen LogP contribution >= 0.6 is 0 Å². The molecule has 1 heterocycles. The van der Waals surface area contributed by atoms with Crippen LogP contribution in [0.5, 0.6) is 11.5 Å². The fourth-order valence-corrected chi connectivity index (χ4v) is 2.24. The molecule has 0 N–H and O–H groups in total. The first kappa shape index (κ1) is 12.0. The maximum atomic E-state index is 5.33. The number of hydrogen-bond donors (Lipinski definition) is 0. The van der Waals surface area contributed by atoms with Crippen molar-refractivity contribution < 1.29 is 9.47 Å². The minimum Gasteiger partial charge on any atom is -0.493 e. The standard InChI is InChI=1S/C14H19NO2/c1-4-5-12-6-10-7-13(16-2)14(17-3)8-11(10)9-15-12/h7-9,12H,4-6H2,1-3H3/t12-/m1/s1. The van der Waals surface area contributed by atoms with Gasteiger partial charge in [0.2, 0.25) is 0 Å². The van der Waals surface area contributed by atoms with Crippen LogP contribution in [-0.4, -0.2) is 26.5 Å². The Hall–Kier alpha value is -1.51. The van der Waals surface area contributed by atoms with E-state index in [1.807, 2.05) is 12.3 Å². The number of fused-ring (bicyclic) bond motifs is 1. The third kappa shape index (κ3) is 2.43. The van der Waals surface area contributed by atoms with E-state index in [-0.39, 0.29) is 0 Å². The molecule has 1 aromatic carbocycles. The fourth-order valence-electron chi connectivity index (χ4n) is 2.24. The van der Waals surface area contributed by atoms with Gasteiger partial charge in [0, 0.05) is 6.21 Å². The molecule has 1 atom stereocenters. The predicted octanol–water partition coefficient (Wildman–Crippen LogP) is 2.85. The molecule has 3 heteroatoms. The summed E-state index contributed by atoms with van der Waals surface area (Å²) in [5.74, 6) is 1.57. The minimum absolute atomic E-state index is 0.422. The second kappa shape index (κ2) is 5.21. The lowest BCUT2D eigenvalue weighted by Crippen LogP contribution is -2.15. The molecule has 0 radical (unpaired) electrons. The second-order valence-corrected chi connectivity index (χ2v) is 4.33. The Morgan fingerprint density at radius 3 is 2.59 bits per heavy atom. The van der Waals surface area contributed by atoms with Crippen LogP contribution < -0.4 is 9.47 Å². The normalized spacial score (nSPS) is 17.7. The summed E-state index contributed by atoms with van der Waals surface area (Å²) in [6, 6.07) is 4.49. The summed E-state index contributed by atoms with van der Waals surface area (Å²) in [4.78, 5) is 4.57. The Labute approximate surface area is 102 Å². The number of nitrogens with zero attached hydrogens (tertiary/aromatic N) is 1. The lowest BCUT2D eigenvalue weighted by Gasteiger charge is -2.20. The summed E-state index contributed by atoms with van der Waals surface area (Å²) in [7, 11) is 3.33. The highest BCUT2D eigenvalue weighted by Gasteiger charge is 2.17. The molecular weight excluding hydrogens is 214 g/mol. The van der Waals surface area contributed by atoms with Gasteiger partial charge in [-0.2, -0.15) is 0 Å². The summed E-state index contributed by atoms with van der Waals surface area (Å²) in [6.07, 6.45) is 5.27. The molecule has 0 aromatic heterocycles. The molecule has 17 heavy (non-hydrogen) atoms. The smallest absolute Gasteiger partial charge is 0.161 e. The maximum Gasteiger partial charge on any atom is 0.161 e. The Balaban J connectivity index is 2.31. The van der Waals surface area contributed by atoms with Crippen molar-refractivity contribution in [2.45, 2.75) is 32.2 Å². The van der Waals surface area contributed by atoms with Crippen LogP contribution in [0.1, 0.15) is 30.9 Å². The Morgan fingerprint density at radius 1 is 1.24 bits per heavy atom. The van der Waals surface area contributed by atoms with Gasteiger partial charge >= 0.3 is 0 Å². The number of rotatable bonds is 4. The zero-order chi connectivity index (χ0) is 12.3. The number of ether oxygens (including phenoxy) is 2. The average molecular weight is 233 g/mol. The van der Waals surface area contributed by atoms with E-state index in [1.54, 1.807) is 14.2 Å². The van der Waals surface area contributed by atoms with Crippen molar-refractivity contribution >= 4 is 6.21 Å². The quantitative estimate of drug-likeness (QED) is 0.800. The van der Waals surface area contributed by atoms with Gasteiger partial charge in [-0.25, -0.2) is 0 Å². The molecule has 0 spiro atoms. The fraction of sp³-hybridized carbons (Fsp3) is 0.500. The van der Waals surface area contributed by atoms with E-state index in [4.69, 9.17) is 9.47 Å². The van der Waals surface area contributed by atoms with Crippen LogP contribution in [0.3, 0.4) is 0 Å². The summed E-state index contributed by atoms with van der Waals surface area (Å²) in [5.41, 5.74) is 2.45. The van der Waals surface area contributed by atoms with E-state index < -0.39 is 0 Å². The van der Waals surface area contributed by atoms with Gasteiger partial charge in [-0.05, 0) is 36.1 Å². The first-order valence-electron chi connectivity index (χ1n) is 6.06. The van der Waals surface area contributed by atoms with Crippen LogP contribution in [0, 0.1) is 0 Å². The van der Waals surface area contributed by atoms with Crippen LogP contribution in [0.25, 0.3) is 0 Å². The van der Waals surface area contributed by atoms with Gasteiger partial charge in [-0.1, -0.05) is 13.3 Å². The van der Waals surface area contributed by atoms with Gasteiger partial charge in [0.15, 0.2) is 11.5 Å². The third-order valence-electron chi connectivity index (χ3n) is 3.15. The molecular formula is C14H19NO2. The molecule has 1 aliphatic heterocycles. The van der Waals surface area contributed by atoms with Crippen molar-refractivity contribution in [1.82, 2.24) is 0 Å². The lowest BCUT2D eigenvalue weighted by atomic mass is 9.95.